The van der Waals surface area contributed by atoms with Crippen LogP contribution in [0.5, 0.6) is 5.75 Å². The van der Waals surface area contributed by atoms with E-state index in [0.29, 0.717) is 10.2 Å². The summed E-state index contributed by atoms with van der Waals surface area (Å²) in [6.07, 6.45) is -2.78. The predicted molar refractivity (Wildman–Crippen MR) is 94.6 cm³/mol. The highest BCUT2D eigenvalue weighted by atomic mass is 79.9. The zero-order valence-corrected chi connectivity index (χ0v) is 15.4. The molecule has 0 saturated heterocycles. The molecule has 11 heteroatoms. The van der Waals surface area contributed by atoms with Gasteiger partial charge in [0.15, 0.2) is 5.82 Å². The molecule has 0 atom stereocenters. The van der Waals surface area contributed by atoms with Crippen molar-refractivity contribution < 1.29 is 27.1 Å². The molecule has 1 aromatic heterocycles. The van der Waals surface area contributed by atoms with Gasteiger partial charge in [0, 0.05) is 27.3 Å². The number of nitrogens with one attached hydrogen (secondary N) is 2. The second kappa shape index (κ2) is 7.35. The number of carbonyl (C=O) groups excluding carboxylic acids is 1. The minimum atomic E-state index is -3.84. The molecule has 142 valence electrons. The summed E-state index contributed by atoms with van der Waals surface area (Å²) in [5, 5.41) is 2.55. The van der Waals surface area contributed by atoms with Crippen LogP contribution in [0.25, 0.3) is 11.0 Å². The lowest BCUT2D eigenvalue weighted by atomic mass is 10.2. The Labute approximate surface area is 162 Å². The number of aromatic amines is 1. The summed E-state index contributed by atoms with van der Waals surface area (Å²) >= 11 is 7.86. The Balaban J connectivity index is 1.79. The molecule has 0 saturated carbocycles. The van der Waals surface area contributed by atoms with E-state index in [1.54, 1.807) is 0 Å². The van der Waals surface area contributed by atoms with Crippen molar-refractivity contribution in [2.24, 2.45) is 0 Å². The molecule has 0 spiro atoms. The van der Waals surface area contributed by atoms with Crippen molar-refractivity contribution in [1.82, 2.24) is 9.97 Å². The number of amides is 1. The molecule has 2 aromatic carbocycles. The van der Waals surface area contributed by atoms with Crippen LogP contribution in [0.2, 0.25) is 0 Å². The van der Waals surface area contributed by atoms with Gasteiger partial charge < -0.3 is 15.0 Å². The van der Waals surface area contributed by atoms with E-state index in [2.05, 4.69) is 47.6 Å². The van der Waals surface area contributed by atoms with Crippen molar-refractivity contribution in [3.05, 3.63) is 52.3 Å². The number of fused-ring (bicyclic) bond motifs is 1. The number of anilines is 1. The third-order valence-corrected chi connectivity index (χ3v) is 4.05. The molecule has 0 aliphatic rings. The fourth-order valence-corrected chi connectivity index (χ4v) is 2.91. The Morgan fingerprint density at radius 2 is 1.93 bits per heavy atom. The van der Waals surface area contributed by atoms with E-state index >= 15 is 0 Å². The molecular weight excluding hydrogens is 458 g/mol. The van der Waals surface area contributed by atoms with Gasteiger partial charge in [-0.2, -0.15) is 0 Å². The van der Waals surface area contributed by atoms with Crippen molar-refractivity contribution >= 4 is 50.2 Å². The van der Waals surface area contributed by atoms with Gasteiger partial charge in [-0.25, -0.2) is 13.8 Å². The summed E-state index contributed by atoms with van der Waals surface area (Å²) in [6.45, 7) is 0. The van der Waals surface area contributed by atoms with Crippen LogP contribution in [0, 0.1) is 0 Å². The molecule has 2 N–H and O–H groups in total. The summed E-state index contributed by atoms with van der Waals surface area (Å²) in [6, 6.07) is 7.89. The Morgan fingerprint density at radius 1 is 1.26 bits per heavy atom. The highest BCUT2D eigenvalue weighted by Crippen LogP contribution is 2.28. The zero-order valence-electron chi connectivity index (χ0n) is 13.1. The Kier molecular flexibility index (Phi) is 5.29. The first kappa shape index (κ1) is 19.4. The van der Waals surface area contributed by atoms with Crippen molar-refractivity contribution in [3.8, 4) is 5.75 Å². The Hall–Kier alpha value is -2.33. The fraction of sp³-hybridized carbons (Fsp3) is 0.125. The maximum atomic E-state index is 12.8. The van der Waals surface area contributed by atoms with E-state index in [1.807, 2.05) is 0 Å². The van der Waals surface area contributed by atoms with Crippen molar-refractivity contribution in [1.29, 1.82) is 0 Å². The quantitative estimate of drug-likeness (QED) is 0.375. The summed E-state index contributed by atoms with van der Waals surface area (Å²) in [5.41, 5.74) is -2.83. The number of aromatic nitrogens is 2. The molecule has 0 radical (unpaired) electrons. The third kappa shape index (κ3) is 4.69. The van der Waals surface area contributed by atoms with Crippen molar-refractivity contribution in [3.63, 3.8) is 0 Å². The van der Waals surface area contributed by atoms with Gasteiger partial charge in [0.2, 0.25) is 0 Å². The standard InChI is InChI=1S/C16H9BrClF4N3O2/c17-10-5-7(6-11-12(10)25-14(24-11)13(19)20)15(26)23-8-1-3-9(4-2-8)27-16(18,21)22/h1-6,13H,(H,23,26)(H,24,25). The molecule has 5 nitrogen and oxygen atoms in total. The SMILES string of the molecule is O=C(Nc1ccc(OC(F)(F)Cl)cc1)c1cc(Br)c2nc(C(F)F)[nH]c2c1. The van der Waals surface area contributed by atoms with E-state index < -0.39 is 23.7 Å². The van der Waals surface area contributed by atoms with Crippen LogP contribution in [-0.2, 0) is 0 Å². The number of hydrogen-bond donors (Lipinski definition) is 2. The highest BCUT2D eigenvalue weighted by molar-refractivity contribution is 9.10. The van der Waals surface area contributed by atoms with Crippen LogP contribution in [-0.4, -0.2) is 21.4 Å². The minimum Gasteiger partial charge on any atom is -0.420 e. The topological polar surface area (TPSA) is 67.0 Å². The molecule has 0 unspecified atom stereocenters. The molecule has 3 aromatic rings. The van der Waals surface area contributed by atoms with E-state index in [0.717, 1.165) is 0 Å². The molecule has 0 aliphatic heterocycles. The predicted octanol–water partition coefficient (Wildman–Crippen LogP) is 5.68. The van der Waals surface area contributed by atoms with E-state index in [9.17, 15) is 22.4 Å². The van der Waals surface area contributed by atoms with Gasteiger partial charge in [-0.15, -0.1) is 8.78 Å². The number of rotatable bonds is 5. The number of halogens is 6. The van der Waals surface area contributed by atoms with Gasteiger partial charge in [0.25, 0.3) is 12.3 Å². The Bertz CT molecular complexity index is 990. The fourth-order valence-electron chi connectivity index (χ4n) is 2.27. The average molecular weight is 467 g/mol. The lowest BCUT2D eigenvalue weighted by Crippen LogP contribution is -2.15. The van der Waals surface area contributed by atoms with Gasteiger partial charge in [0.05, 0.1) is 5.52 Å². The highest BCUT2D eigenvalue weighted by Gasteiger charge is 2.27. The second-order valence-electron chi connectivity index (χ2n) is 5.30. The molecule has 0 aliphatic carbocycles. The number of hydrogen-bond acceptors (Lipinski definition) is 3. The number of H-pyrrole nitrogens is 1. The first-order valence-electron chi connectivity index (χ1n) is 7.27. The van der Waals surface area contributed by atoms with Gasteiger partial charge in [0.1, 0.15) is 11.3 Å². The number of carbonyl (C=O) groups is 1. The first-order valence-corrected chi connectivity index (χ1v) is 8.44. The van der Waals surface area contributed by atoms with E-state index in [4.69, 9.17) is 0 Å². The third-order valence-electron chi connectivity index (χ3n) is 3.37. The molecule has 0 fully saturated rings. The maximum absolute atomic E-state index is 12.8. The normalized spacial score (nSPS) is 11.8. The molecule has 0 bridgehead atoms. The number of nitrogens with zero attached hydrogens (tertiary/aromatic N) is 1. The van der Waals surface area contributed by atoms with Crippen molar-refractivity contribution in [2.45, 2.75) is 12.0 Å². The van der Waals surface area contributed by atoms with Crippen molar-refractivity contribution in [2.75, 3.05) is 5.32 Å². The number of imidazole rings is 1. The summed E-state index contributed by atoms with van der Waals surface area (Å²) in [4.78, 5) is 18.6. The van der Waals surface area contributed by atoms with Gasteiger partial charge in [-0.1, -0.05) is 0 Å². The lowest BCUT2D eigenvalue weighted by Gasteiger charge is -2.11. The number of alkyl halides is 5. The van der Waals surface area contributed by atoms with Crippen LogP contribution in [0.4, 0.5) is 23.2 Å². The zero-order chi connectivity index (χ0) is 19.8. The number of benzene rings is 2. The van der Waals surface area contributed by atoms with Crippen LogP contribution in [0.3, 0.4) is 0 Å². The van der Waals surface area contributed by atoms with Gasteiger partial charge in [-0.3, -0.25) is 4.79 Å². The second-order valence-corrected chi connectivity index (χ2v) is 6.60. The lowest BCUT2D eigenvalue weighted by molar-refractivity contribution is -0.0964. The van der Waals surface area contributed by atoms with Crippen LogP contribution in [0.1, 0.15) is 22.6 Å². The van der Waals surface area contributed by atoms with E-state index in [-0.39, 0.29) is 22.3 Å². The summed E-state index contributed by atoms with van der Waals surface area (Å²) < 4.78 is 55.2. The van der Waals surface area contributed by atoms with Crippen LogP contribution >= 0.6 is 27.5 Å². The largest absolute Gasteiger partial charge is 0.487 e. The van der Waals surface area contributed by atoms with Gasteiger partial charge in [-0.05, 0) is 52.3 Å². The molecular formula is C16H9BrClF4N3O2. The molecule has 1 amide bonds. The van der Waals surface area contributed by atoms with Gasteiger partial charge >= 0.3 is 5.57 Å². The molecule has 1 heterocycles. The van der Waals surface area contributed by atoms with Crippen LogP contribution in [0.15, 0.2) is 40.9 Å². The minimum absolute atomic E-state index is 0.173. The average Bonchev–Trinajstić information content (AvgIpc) is 3.00. The molecule has 27 heavy (non-hydrogen) atoms. The van der Waals surface area contributed by atoms with E-state index in [1.165, 1.54) is 36.4 Å². The maximum Gasteiger partial charge on any atom is 0.487 e. The summed E-state index contributed by atoms with van der Waals surface area (Å²) in [7, 11) is 0. The Morgan fingerprint density at radius 3 is 2.52 bits per heavy atom. The first-order chi connectivity index (χ1) is 12.6. The number of ether oxygens (including phenoxy) is 1. The molecule has 3 rings (SSSR count). The smallest absolute Gasteiger partial charge is 0.420 e. The monoisotopic (exact) mass is 465 g/mol. The van der Waals surface area contributed by atoms with Crippen LogP contribution < -0.4 is 10.1 Å². The summed E-state index contributed by atoms with van der Waals surface area (Å²) in [5.74, 6) is -1.23.